The van der Waals surface area contributed by atoms with E-state index in [0.717, 1.165) is 6.54 Å². The molecule has 0 radical (unpaired) electrons. The average molecular weight is 254 g/mol. The number of aromatic nitrogens is 2. The molecule has 1 saturated heterocycles. The molecule has 1 aliphatic rings. The minimum atomic E-state index is -0.824. The van der Waals surface area contributed by atoms with Gasteiger partial charge < -0.3 is 14.9 Å². The number of piperazine rings is 1. The van der Waals surface area contributed by atoms with Crippen molar-refractivity contribution >= 4 is 5.97 Å². The molecule has 1 aliphatic heterocycles. The SMILES string of the molecule is CC(C)c1nc(CN2CCNCC2C(=O)O)no1. The zero-order valence-corrected chi connectivity index (χ0v) is 10.6. The molecule has 1 aromatic heterocycles. The Labute approximate surface area is 105 Å². The summed E-state index contributed by atoms with van der Waals surface area (Å²) < 4.78 is 5.11. The highest BCUT2D eigenvalue weighted by atomic mass is 16.5. The molecule has 0 spiro atoms. The molecule has 7 nitrogen and oxygen atoms in total. The number of hydrogen-bond acceptors (Lipinski definition) is 6. The van der Waals surface area contributed by atoms with E-state index in [4.69, 9.17) is 9.63 Å². The standard InChI is InChI=1S/C11H18N4O3/c1-7(2)10-13-9(14-18-10)6-15-4-3-12-5-8(15)11(16)17/h7-8,12H,3-6H2,1-2H3,(H,16,17). The van der Waals surface area contributed by atoms with Crippen LogP contribution in [-0.4, -0.2) is 51.8 Å². The summed E-state index contributed by atoms with van der Waals surface area (Å²) in [7, 11) is 0. The number of aliphatic carboxylic acids is 1. The van der Waals surface area contributed by atoms with Gasteiger partial charge in [0.15, 0.2) is 5.82 Å². The molecule has 1 atom stereocenters. The van der Waals surface area contributed by atoms with E-state index in [-0.39, 0.29) is 5.92 Å². The Morgan fingerprint density at radius 3 is 3.06 bits per heavy atom. The van der Waals surface area contributed by atoms with Crippen molar-refractivity contribution in [3.63, 3.8) is 0 Å². The fourth-order valence-corrected chi connectivity index (χ4v) is 1.93. The summed E-state index contributed by atoms with van der Waals surface area (Å²) in [5.41, 5.74) is 0. The number of hydrogen-bond donors (Lipinski definition) is 2. The van der Waals surface area contributed by atoms with Crippen LogP contribution in [0.1, 0.15) is 31.5 Å². The van der Waals surface area contributed by atoms with Gasteiger partial charge in [-0.15, -0.1) is 0 Å². The molecule has 7 heteroatoms. The first-order valence-corrected chi connectivity index (χ1v) is 6.08. The topological polar surface area (TPSA) is 91.5 Å². The normalized spacial score (nSPS) is 21.4. The summed E-state index contributed by atoms with van der Waals surface area (Å²) >= 11 is 0. The third-order valence-corrected chi connectivity index (χ3v) is 2.96. The van der Waals surface area contributed by atoms with E-state index in [1.165, 1.54) is 0 Å². The lowest BCUT2D eigenvalue weighted by atomic mass is 10.2. The molecule has 1 aromatic rings. The second-order valence-electron chi connectivity index (χ2n) is 4.73. The Kier molecular flexibility index (Phi) is 3.93. The monoisotopic (exact) mass is 254 g/mol. The average Bonchev–Trinajstić information content (AvgIpc) is 2.78. The highest BCUT2D eigenvalue weighted by Gasteiger charge is 2.29. The first-order chi connectivity index (χ1) is 8.58. The lowest BCUT2D eigenvalue weighted by molar-refractivity contribution is -0.144. The molecule has 0 bridgehead atoms. The summed E-state index contributed by atoms with van der Waals surface area (Å²) in [6.45, 7) is 6.25. The van der Waals surface area contributed by atoms with Crippen LogP contribution < -0.4 is 5.32 Å². The number of nitrogens with one attached hydrogen (secondary N) is 1. The Morgan fingerprint density at radius 2 is 2.44 bits per heavy atom. The van der Waals surface area contributed by atoms with Gasteiger partial charge in [-0.3, -0.25) is 9.69 Å². The van der Waals surface area contributed by atoms with Gasteiger partial charge >= 0.3 is 5.97 Å². The Balaban J connectivity index is 2.03. The molecule has 18 heavy (non-hydrogen) atoms. The third kappa shape index (κ3) is 2.85. The Hall–Kier alpha value is -1.47. The van der Waals surface area contributed by atoms with Gasteiger partial charge in [-0.1, -0.05) is 19.0 Å². The van der Waals surface area contributed by atoms with Crippen molar-refractivity contribution in [1.29, 1.82) is 0 Å². The highest BCUT2D eigenvalue weighted by molar-refractivity contribution is 5.73. The highest BCUT2D eigenvalue weighted by Crippen LogP contribution is 2.13. The van der Waals surface area contributed by atoms with Crippen molar-refractivity contribution in [3.05, 3.63) is 11.7 Å². The maximum Gasteiger partial charge on any atom is 0.322 e. The van der Waals surface area contributed by atoms with Crippen molar-refractivity contribution in [1.82, 2.24) is 20.4 Å². The lowest BCUT2D eigenvalue weighted by Gasteiger charge is -2.32. The molecule has 100 valence electrons. The van der Waals surface area contributed by atoms with Crippen molar-refractivity contribution in [2.24, 2.45) is 0 Å². The molecule has 1 fully saturated rings. The van der Waals surface area contributed by atoms with Crippen LogP contribution in [-0.2, 0) is 11.3 Å². The van der Waals surface area contributed by atoms with E-state index in [1.807, 2.05) is 18.7 Å². The van der Waals surface area contributed by atoms with E-state index in [9.17, 15) is 4.79 Å². The summed E-state index contributed by atoms with van der Waals surface area (Å²) in [6, 6.07) is -0.528. The van der Waals surface area contributed by atoms with Gasteiger partial charge in [0, 0.05) is 25.6 Å². The second-order valence-corrected chi connectivity index (χ2v) is 4.73. The fourth-order valence-electron chi connectivity index (χ4n) is 1.93. The van der Waals surface area contributed by atoms with Crippen LogP contribution in [0, 0.1) is 0 Å². The van der Waals surface area contributed by atoms with E-state index in [0.29, 0.717) is 31.3 Å². The van der Waals surface area contributed by atoms with E-state index < -0.39 is 12.0 Å². The fraction of sp³-hybridized carbons (Fsp3) is 0.727. The number of carboxylic acids is 1. The van der Waals surface area contributed by atoms with Gasteiger partial charge in [-0.05, 0) is 0 Å². The summed E-state index contributed by atoms with van der Waals surface area (Å²) in [4.78, 5) is 17.2. The summed E-state index contributed by atoms with van der Waals surface area (Å²) in [6.07, 6.45) is 0. The van der Waals surface area contributed by atoms with E-state index >= 15 is 0 Å². The molecule has 2 N–H and O–H groups in total. The maximum absolute atomic E-state index is 11.1. The van der Waals surface area contributed by atoms with Crippen molar-refractivity contribution in [3.8, 4) is 0 Å². The lowest BCUT2D eigenvalue weighted by Crippen LogP contribution is -2.54. The minimum absolute atomic E-state index is 0.185. The molecular weight excluding hydrogens is 236 g/mol. The van der Waals surface area contributed by atoms with Crippen molar-refractivity contribution in [2.45, 2.75) is 32.4 Å². The number of carbonyl (C=O) groups is 1. The van der Waals surface area contributed by atoms with Crippen LogP contribution in [0.25, 0.3) is 0 Å². The van der Waals surface area contributed by atoms with Gasteiger partial charge in [-0.2, -0.15) is 4.98 Å². The molecule has 0 saturated carbocycles. The zero-order valence-electron chi connectivity index (χ0n) is 10.6. The molecule has 0 aromatic carbocycles. The third-order valence-electron chi connectivity index (χ3n) is 2.96. The molecule has 2 rings (SSSR count). The molecule has 1 unspecified atom stereocenters. The molecule has 2 heterocycles. The second kappa shape index (κ2) is 5.45. The van der Waals surface area contributed by atoms with Gasteiger partial charge in [0.1, 0.15) is 6.04 Å². The summed E-state index contributed by atoms with van der Waals surface area (Å²) in [5, 5.41) is 16.1. The number of carboxylic acid groups (broad SMARTS) is 1. The zero-order chi connectivity index (χ0) is 13.1. The van der Waals surface area contributed by atoms with Crippen molar-refractivity contribution in [2.75, 3.05) is 19.6 Å². The Morgan fingerprint density at radius 1 is 1.67 bits per heavy atom. The Bertz CT molecular complexity index is 418. The van der Waals surface area contributed by atoms with Crippen LogP contribution in [0.15, 0.2) is 4.52 Å². The van der Waals surface area contributed by atoms with Crippen LogP contribution in [0.3, 0.4) is 0 Å². The van der Waals surface area contributed by atoms with E-state index in [1.54, 1.807) is 0 Å². The number of rotatable bonds is 4. The predicted molar refractivity (Wildman–Crippen MR) is 63.1 cm³/mol. The van der Waals surface area contributed by atoms with Crippen LogP contribution in [0.5, 0.6) is 0 Å². The van der Waals surface area contributed by atoms with Gasteiger partial charge in [0.05, 0.1) is 6.54 Å². The summed E-state index contributed by atoms with van der Waals surface area (Å²) in [5.74, 6) is 0.498. The van der Waals surface area contributed by atoms with Crippen LogP contribution >= 0.6 is 0 Å². The van der Waals surface area contributed by atoms with Gasteiger partial charge in [0.2, 0.25) is 5.89 Å². The molecular formula is C11H18N4O3. The van der Waals surface area contributed by atoms with Crippen LogP contribution in [0.2, 0.25) is 0 Å². The first kappa shape index (κ1) is 13.0. The smallest absolute Gasteiger partial charge is 0.322 e. The quantitative estimate of drug-likeness (QED) is 0.784. The van der Waals surface area contributed by atoms with E-state index in [2.05, 4.69) is 15.5 Å². The predicted octanol–water partition coefficient (Wildman–Crippen LogP) is 0.0514. The van der Waals surface area contributed by atoms with Crippen molar-refractivity contribution < 1.29 is 14.4 Å². The van der Waals surface area contributed by atoms with Gasteiger partial charge in [0.25, 0.3) is 0 Å². The first-order valence-electron chi connectivity index (χ1n) is 6.08. The number of nitrogens with zero attached hydrogens (tertiary/aromatic N) is 3. The molecule has 0 amide bonds. The van der Waals surface area contributed by atoms with Crippen LogP contribution in [0.4, 0.5) is 0 Å². The maximum atomic E-state index is 11.1. The molecule has 0 aliphatic carbocycles. The van der Waals surface area contributed by atoms with Gasteiger partial charge in [-0.25, -0.2) is 0 Å². The minimum Gasteiger partial charge on any atom is -0.480 e. The largest absolute Gasteiger partial charge is 0.480 e.